The fourth-order valence-corrected chi connectivity index (χ4v) is 3.65. The Kier molecular flexibility index (Phi) is 14.7. The molecule has 0 aliphatic carbocycles. The molecule has 3 aromatic rings. The van der Waals surface area contributed by atoms with E-state index in [1.165, 1.54) is 24.1 Å². The molecule has 0 saturated carbocycles. The monoisotopic (exact) mass is 520 g/mol. The van der Waals surface area contributed by atoms with Crippen molar-refractivity contribution in [2.45, 2.75) is 67.7 Å². The number of nitrogens with zero attached hydrogens (tertiary/aromatic N) is 1. The molecule has 1 aliphatic rings. The van der Waals surface area contributed by atoms with Crippen LogP contribution in [0.4, 0.5) is 10.1 Å². The van der Waals surface area contributed by atoms with E-state index in [-0.39, 0.29) is 11.7 Å². The molecule has 3 N–H and O–H groups in total. The van der Waals surface area contributed by atoms with Crippen LogP contribution in [0.25, 0.3) is 16.5 Å². The largest absolute Gasteiger partial charge is 0.354 e. The van der Waals surface area contributed by atoms with Crippen molar-refractivity contribution in [3.05, 3.63) is 82.8 Å². The van der Waals surface area contributed by atoms with Gasteiger partial charge in [-0.15, -0.1) is 0 Å². The second-order valence-electron chi connectivity index (χ2n) is 8.08. The van der Waals surface area contributed by atoms with Crippen LogP contribution in [0.15, 0.2) is 65.3 Å². The Balaban J connectivity index is 0.000000502. The number of aromatic nitrogens is 1. The Hall–Kier alpha value is -4.00. The third-order valence-corrected chi connectivity index (χ3v) is 5.37. The normalized spacial score (nSPS) is 11.4. The minimum Gasteiger partial charge on any atom is -0.354 e. The van der Waals surface area contributed by atoms with Crippen molar-refractivity contribution in [3.8, 4) is 0 Å². The molecular weight excluding hydrogens is 479 g/mol. The Morgan fingerprint density at radius 2 is 1.68 bits per heavy atom. The first-order chi connectivity index (χ1) is 18.4. The van der Waals surface area contributed by atoms with E-state index in [2.05, 4.69) is 54.6 Å². The second kappa shape index (κ2) is 17.5. The minimum atomic E-state index is -0.300. The lowest BCUT2D eigenvalue weighted by atomic mass is 9.99. The molecule has 38 heavy (non-hydrogen) atoms. The number of halogens is 1. The molecule has 2 heterocycles. The van der Waals surface area contributed by atoms with Crippen molar-refractivity contribution >= 4 is 40.7 Å². The summed E-state index contributed by atoms with van der Waals surface area (Å²) < 4.78 is 11.9. The van der Waals surface area contributed by atoms with Gasteiger partial charge in [0.1, 0.15) is 5.82 Å². The van der Waals surface area contributed by atoms with E-state index in [0.29, 0.717) is 17.7 Å². The number of H-pyrrole nitrogens is 1. The van der Waals surface area contributed by atoms with Crippen molar-refractivity contribution in [1.82, 2.24) is 10.4 Å². The fraction of sp³-hybridized carbons (Fsp3) is 0.323. The Morgan fingerprint density at radius 1 is 1.05 bits per heavy atom. The first kappa shape index (κ1) is 32.0. The van der Waals surface area contributed by atoms with Crippen LogP contribution in [-0.4, -0.2) is 23.5 Å². The van der Waals surface area contributed by atoms with Gasteiger partial charge in [0.15, 0.2) is 0 Å². The third-order valence-electron chi connectivity index (χ3n) is 5.37. The minimum absolute atomic E-state index is 0.178. The van der Waals surface area contributed by atoms with Gasteiger partial charge in [0, 0.05) is 22.2 Å². The lowest BCUT2D eigenvalue weighted by Crippen LogP contribution is -2.16. The van der Waals surface area contributed by atoms with Crippen molar-refractivity contribution in [3.63, 3.8) is 0 Å². The zero-order chi connectivity index (χ0) is 28.5. The predicted octanol–water partition coefficient (Wildman–Crippen LogP) is 8.23. The molecule has 0 atom stereocenters. The maximum absolute atomic E-state index is 12.4. The van der Waals surface area contributed by atoms with Gasteiger partial charge in [0.05, 0.1) is 17.5 Å². The van der Waals surface area contributed by atoms with Crippen LogP contribution in [0.2, 0.25) is 0 Å². The van der Waals surface area contributed by atoms with Gasteiger partial charge in [0.25, 0.3) is 5.91 Å². The number of carbonyl (C=O) groups excluding carboxylic acids is 2. The van der Waals surface area contributed by atoms with Crippen LogP contribution >= 0.6 is 0 Å². The highest BCUT2D eigenvalue weighted by Gasteiger charge is 2.22. The molecule has 0 fully saturated rings. The number of anilines is 1. The molecule has 0 radical (unpaired) electrons. The number of amides is 2. The molecule has 2 amide bonds. The molecule has 0 bridgehead atoms. The van der Waals surface area contributed by atoms with Gasteiger partial charge in [-0.05, 0) is 49.6 Å². The summed E-state index contributed by atoms with van der Waals surface area (Å²) in [7, 11) is 0. The van der Waals surface area contributed by atoms with Gasteiger partial charge in [-0.1, -0.05) is 83.9 Å². The van der Waals surface area contributed by atoms with E-state index in [4.69, 9.17) is 0 Å². The highest BCUT2D eigenvalue weighted by Crippen LogP contribution is 2.33. The lowest BCUT2D eigenvalue weighted by molar-refractivity contribution is -0.105. The van der Waals surface area contributed by atoms with Crippen LogP contribution in [0, 0.1) is 5.82 Å². The number of benzene rings is 2. The molecule has 7 heteroatoms. The third kappa shape index (κ3) is 8.83. The summed E-state index contributed by atoms with van der Waals surface area (Å²) in [6, 6.07) is 11.4. The number of aromatic amines is 1. The Labute approximate surface area is 226 Å². The summed E-state index contributed by atoms with van der Waals surface area (Å²) in [5.41, 5.74) is 8.49. The van der Waals surface area contributed by atoms with Crippen molar-refractivity contribution in [2.75, 3.05) is 5.32 Å². The number of nitrogens with one attached hydrogen (secondary N) is 3. The number of allylic oxidation sites excluding steroid dienone is 4. The zero-order valence-corrected chi connectivity index (χ0v) is 23.6. The topological polar surface area (TPSA) is 86.3 Å². The average molecular weight is 521 g/mol. The van der Waals surface area contributed by atoms with Crippen molar-refractivity contribution in [2.24, 2.45) is 5.10 Å². The maximum Gasteiger partial charge on any atom is 0.272 e. The molecular formula is C31H41FN4O2. The SMILES string of the molecule is C/C=C(\C=C(CC)CC)c1[nH]c2cc(NC=O)cc3c2c1C=NNC3=O.CC.CCC.Fc1ccccc1. The lowest BCUT2D eigenvalue weighted by Gasteiger charge is -2.05. The summed E-state index contributed by atoms with van der Waals surface area (Å²) in [5, 5.41) is 7.47. The summed E-state index contributed by atoms with van der Waals surface area (Å²) in [6.45, 7) is 14.5. The van der Waals surface area contributed by atoms with E-state index in [0.717, 1.165) is 40.6 Å². The van der Waals surface area contributed by atoms with Gasteiger partial charge in [-0.3, -0.25) is 9.59 Å². The first-order valence-electron chi connectivity index (χ1n) is 13.2. The molecule has 6 nitrogen and oxygen atoms in total. The number of hydrazone groups is 1. The highest BCUT2D eigenvalue weighted by atomic mass is 19.1. The highest BCUT2D eigenvalue weighted by molar-refractivity contribution is 6.17. The van der Waals surface area contributed by atoms with Gasteiger partial charge in [-0.25, -0.2) is 9.82 Å². The van der Waals surface area contributed by atoms with E-state index < -0.39 is 0 Å². The second-order valence-corrected chi connectivity index (χ2v) is 8.08. The van der Waals surface area contributed by atoms with E-state index in [9.17, 15) is 14.0 Å². The number of rotatable bonds is 6. The summed E-state index contributed by atoms with van der Waals surface area (Å²) in [4.78, 5) is 26.6. The Bertz CT molecular complexity index is 1250. The van der Waals surface area contributed by atoms with Gasteiger partial charge < -0.3 is 10.3 Å². The smallest absolute Gasteiger partial charge is 0.272 e. The quantitative estimate of drug-likeness (QED) is 0.226. The van der Waals surface area contributed by atoms with Crippen LogP contribution in [0.5, 0.6) is 0 Å². The maximum atomic E-state index is 12.4. The molecule has 0 unspecified atom stereocenters. The van der Waals surface area contributed by atoms with Crippen LogP contribution < -0.4 is 10.7 Å². The predicted molar refractivity (Wildman–Crippen MR) is 159 cm³/mol. The first-order valence-corrected chi connectivity index (χ1v) is 13.2. The zero-order valence-electron chi connectivity index (χ0n) is 23.6. The molecule has 1 aliphatic heterocycles. The molecule has 4 rings (SSSR count). The van der Waals surface area contributed by atoms with Gasteiger partial charge >= 0.3 is 0 Å². The van der Waals surface area contributed by atoms with E-state index >= 15 is 0 Å². The fourth-order valence-electron chi connectivity index (χ4n) is 3.65. The molecule has 2 aromatic carbocycles. The van der Waals surface area contributed by atoms with Crippen LogP contribution in [-0.2, 0) is 4.79 Å². The van der Waals surface area contributed by atoms with Gasteiger partial charge in [-0.2, -0.15) is 5.10 Å². The molecule has 1 aromatic heterocycles. The van der Waals surface area contributed by atoms with E-state index in [1.807, 2.05) is 32.9 Å². The van der Waals surface area contributed by atoms with Gasteiger partial charge in [0.2, 0.25) is 6.41 Å². The Morgan fingerprint density at radius 3 is 2.18 bits per heavy atom. The standard InChI is InChI=1S/C20H22N4O2.C6H5F.C3H8.C2H6/c1-4-12(5-2)7-13(6-3)19-16-10-22-24-20(26)15-8-14(21-11-25)9-17(23-19)18(15)16;7-6-4-2-1-3-5-6;1-3-2;1-2/h6-11,23H,4-5H2,1-3H3,(H,21,25)(H,24,26);1-5H;3H2,1-2H3;1-2H3/b13-6+;;;. The van der Waals surface area contributed by atoms with E-state index in [1.54, 1.807) is 30.5 Å². The summed E-state index contributed by atoms with van der Waals surface area (Å²) in [5.74, 6) is -0.479. The number of hydrogen-bond donors (Lipinski definition) is 3. The molecule has 204 valence electrons. The van der Waals surface area contributed by atoms with Crippen molar-refractivity contribution < 1.29 is 14.0 Å². The summed E-state index contributed by atoms with van der Waals surface area (Å²) >= 11 is 0. The molecule has 0 saturated heterocycles. The molecule has 0 spiro atoms. The summed E-state index contributed by atoms with van der Waals surface area (Å²) in [6.07, 6.45) is 9.71. The number of carbonyl (C=O) groups is 2. The average Bonchev–Trinajstić information content (AvgIpc) is 3.20. The number of hydrogen-bond acceptors (Lipinski definition) is 3. The van der Waals surface area contributed by atoms with Crippen molar-refractivity contribution in [1.29, 1.82) is 0 Å². The van der Waals surface area contributed by atoms with Crippen LogP contribution in [0.3, 0.4) is 0 Å². The van der Waals surface area contributed by atoms with Crippen LogP contribution in [0.1, 0.15) is 89.3 Å².